The molecule has 2 aromatic carbocycles. The molecule has 0 atom stereocenters. The van der Waals surface area contributed by atoms with Gasteiger partial charge in [0.25, 0.3) is 0 Å². The lowest BCUT2D eigenvalue weighted by Crippen LogP contribution is -2.14. The maximum atomic E-state index is 12.5. The predicted molar refractivity (Wildman–Crippen MR) is 107 cm³/mol. The van der Waals surface area contributed by atoms with Crippen LogP contribution in [0.25, 0.3) is 0 Å². The Morgan fingerprint density at radius 3 is 1.93 bits per heavy atom. The summed E-state index contributed by atoms with van der Waals surface area (Å²) in [4.78, 5) is 24.8. The molecule has 0 N–H and O–H groups in total. The van der Waals surface area contributed by atoms with Gasteiger partial charge in [-0.15, -0.1) is 0 Å². The summed E-state index contributed by atoms with van der Waals surface area (Å²) in [6.07, 6.45) is 0. The number of aromatic nitrogens is 2. The number of aryl methyl sites for hydroxylation is 1. The number of carbonyl (C=O) groups excluding carboxylic acids is 2. The quantitative estimate of drug-likeness (QED) is 0.389. The number of ether oxygens (including phenoxy) is 2. The Morgan fingerprint density at radius 1 is 0.857 bits per heavy atom. The summed E-state index contributed by atoms with van der Waals surface area (Å²) in [5.41, 5.74) is 2.04. The summed E-state index contributed by atoms with van der Waals surface area (Å²) < 4.78 is 12.1. The third-order valence-electron chi connectivity index (χ3n) is 3.92. The molecule has 0 radical (unpaired) electrons. The number of alkyl halides is 1. The van der Waals surface area contributed by atoms with Gasteiger partial charge in [-0.25, -0.2) is 9.59 Å². The van der Waals surface area contributed by atoms with E-state index in [-0.39, 0.29) is 24.6 Å². The van der Waals surface area contributed by atoms with Crippen molar-refractivity contribution in [2.24, 2.45) is 0 Å². The number of hydrogen-bond donors (Lipinski definition) is 0. The van der Waals surface area contributed by atoms with Crippen molar-refractivity contribution in [2.75, 3.05) is 5.33 Å². The molecule has 0 aliphatic carbocycles. The number of nitrogens with zero attached hydrogens (tertiary/aromatic N) is 2. The second kappa shape index (κ2) is 9.85. The maximum absolute atomic E-state index is 12.5. The highest BCUT2D eigenvalue weighted by atomic mass is 79.9. The maximum Gasteiger partial charge on any atom is 0.359 e. The van der Waals surface area contributed by atoms with Crippen LogP contribution in [0.5, 0.6) is 0 Å². The van der Waals surface area contributed by atoms with Gasteiger partial charge >= 0.3 is 11.9 Å². The minimum Gasteiger partial charge on any atom is -0.456 e. The van der Waals surface area contributed by atoms with Crippen molar-refractivity contribution in [2.45, 2.75) is 19.8 Å². The van der Waals surface area contributed by atoms with Gasteiger partial charge in [0, 0.05) is 11.4 Å². The van der Waals surface area contributed by atoms with Gasteiger partial charge in [0.2, 0.25) is 0 Å². The van der Waals surface area contributed by atoms with Crippen LogP contribution in [-0.4, -0.2) is 27.0 Å². The van der Waals surface area contributed by atoms with E-state index in [9.17, 15) is 9.59 Å². The fourth-order valence-corrected chi connectivity index (χ4v) is 2.86. The van der Waals surface area contributed by atoms with Crippen LogP contribution in [0.1, 0.15) is 32.1 Å². The van der Waals surface area contributed by atoms with Crippen molar-refractivity contribution >= 4 is 27.9 Å². The largest absolute Gasteiger partial charge is 0.456 e. The number of rotatable bonds is 8. The number of carbonyl (C=O) groups is 2. The molecular formula is C21H19BrN2O4. The molecule has 0 unspecified atom stereocenters. The molecule has 7 heteroatoms. The molecule has 1 heterocycles. The molecule has 0 amide bonds. The number of halogens is 1. The Morgan fingerprint density at radius 2 is 1.39 bits per heavy atom. The number of hydrogen-bond acceptors (Lipinski definition) is 5. The van der Waals surface area contributed by atoms with Crippen LogP contribution >= 0.6 is 15.9 Å². The molecule has 1 aromatic heterocycles. The smallest absolute Gasteiger partial charge is 0.359 e. The van der Waals surface area contributed by atoms with Gasteiger partial charge in [-0.2, -0.15) is 5.10 Å². The average molecular weight is 443 g/mol. The summed E-state index contributed by atoms with van der Waals surface area (Å²) in [5, 5.41) is 4.78. The Kier molecular flexibility index (Phi) is 6.97. The number of benzene rings is 2. The zero-order valence-corrected chi connectivity index (χ0v) is 16.7. The van der Waals surface area contributed by atoms with E-state index in [4.69, 9.17) is 9.47 Å². The van der Waals surface area contributed by atoms with Crippen molar-refractivity contribution in [1.29, 1.82) is 0 Å². The zero-order chi connectivity index (χ0) is 19.8. The Labute approximate surface area is 171 Å². The normalized spacial score (nSPS) is 10.5. The van der Waals surface area contributed by atoms with E-state index in [2.05, 4.69) is 21.0 Å². The first-order valence-electron chi connectivity index (χ1n) is 8.73. The minimum atomic E-state index is -0.589. The van der Waals surface area contributed by atoms with Gasteiger partial charge < -0.3 is 9.47 Å². The fourth-order valence-electron chi connectivity index (χ4n) is 2.53. The Hall–Kier alpha value is -2.93. The minimum absolute atomic E-state index is 0.0727. The molecule has 0 spiro atoms. The van der Waals surface area contributed by atoms with Gasteiger partial charge in [0.15, 0.2) is 5.69 Å². The molecule has 0 fully saturated rings. The molecule has 6 nitrogen and oxygen atoms in total. The molecule has 3 rings (SSSR count). The highest BCUT2D eigenvalue weighted by Gasteiger charge is 2.21. The van der Waals surface area contributed by atoms with E-state index in [0.717, 1.165) is 11.1 Å². The van der Waals surface area contributed by atoms with Gasteiger partial charge in [0.05, 0.1) is 6.54 Å². The predicted octanol–water partition coefficient (Wildman–Crippen LogP) is 3.99. The summed E-state index contributed by atoms with van der Waals surface area (Å²) in [6, 6.07) is 20.1. The SMILES string of the molecule is O=C(OCc1ccccc1)c1cc(C(=O)OCc2ccccc2)n(CCBr)n1. The molecule has 28 heavy (non-hydrogen) atoms. The van der Waals surface area contributed by atoms with E-state index in [0.29, 0.717) is 11.9 Å². The van der Waals surface area contributed by atoms with Crippen LogP contribution in [0.2, 0.25) is 0 Å². The molecule has 3 aromatic rings. The molecule has 144 valence electrons. The van der Waals surface area contributed by atoms with Crippen LogP contribution in [-0.2, 0) is 29.2 Å². The second-order valence-electron chi connectivity index (χ2n) is 5.95. The van der Waals surface area contributed by atoms with Gasteiger partial charge in [-0.05, 0) is 11.1 Å². The first-order chi connectivity index (χ1) is 13.7. The number of esters is 2. The highest BCUT2D eigenvalue weighted by Crippen LogP contribution is 2.12. The van der Waals surface area contributed by atoms with Crippen LogP contribution < -0.4 is 0 Å². The van der Waals surface area contributed by atoms with E-state index >= 15 is 0 Å². The standard InChI is InChI=1S/C21H19BrN2O4/c22-11-12-24-19(21(26)28-15-17-9-5-2-6-10-17)13-18(23-24)20(25)27-14-16-7-3-1-4-8-16/h1-10,13H,11-12,14-15H2. The monoisotopic (exact) mass is 442 g/mol. The third kappa shape index (κ3) is 5.29. The third-order valence-corrected chi connectivity index (χ3v) is 4.27. The Bertz CT molecular complexity index is 926. The van der Waals surface area contributed by atoms with Crippen LogP contribution in [0.3, 0.4) is 0 Å². The first-order valence-corrected chi connectivity index (χ1v) is 9.85. The molecule has 0 aliphatic heterocycles. The van der Waals surface area contributed by atoms with E-state index < -0.39 is 11.9 Å². The van der Waals surface area contributed by atoms with E-state index in [1.807, 2.05) is 60.7 Å². The average Bonchev–Trinajstić information content (AvgIpc) is 3.16. The molecule has 0 saturated carbocycles. The zero-order valence-electron chi connectivity index (χ0n) is 15.1. The van der Waals surface area contributed by atoms with Crippen molar-refractivity contribution in [3.8, 4) is 0 Å². The Balaban J connectivity index is 1.67. The summed E-state index contributed by atoms with van der Waals surface area (Å²) in [6.45, 7) is 0.702. The lowest BCUT2D eigenvalue weighted by molar-refractivity contribution is 0.0453. The van der Waals surface area contributed by atoms with Crippen molar-refractivity contribution in [3.05, 3.63) is 89.2 Å². The molecule has 0 bridgehead atoms. The van der Waals surface area contributed by atoms with Crippen LogP contribution in [0.15, 0.2) is 66.7 Å². The van der Waals surface area contributed by atoms with Crippen LogP contribution in [0, 0.1) is 0 Å². The summed E-state index contributed by atoms with van der Waals surface area (Å²) >= 11 is 3.32. The van der Waals surface area contributed by atoms with Gasteiger partial charge in [-0.1, -0.05) is 76.6 Å². The lowest BCUT2D eigenvalue weighted by atomic mass is 10.2. The lowest BCUT2D eigenvalue weighted by Gasteiger charge is -2.06. The topological polar surface area (TPSA) is 70.4 Å². The van der Waals surface area contributed by atoms with Crippen molar-refractivity contribution < 1.29 is 19.1 Å². The van der Waals surface area contributed by atoms with Gasteiger partial charge in [0.1, 0.15) is 18.9 Å². The van der Waals surface area contributed by atoms with Crippen LogP contribution in [0.4, 0.5) is 0 Å². The van der Waals surface area contributed by atoms with E-state index in [1.165, 1.54) is 10.7 Å². The summed E-state index contributed by atoms with van der Waals surface area (Å²) in [5.74, 6) is -1.13. The van der Waals surface area contributed by atoms with Gasteiger partial charge in [-0.3, -0.25) is 4.68 Å². The molecular weight excluding hydrogens is 424 g/mol. The van der Waals surface area contributed by atoms with E-state index in [1.54, 1.807) is 0 Å². The highest BCUT2D eigenvalue weighted by molar-refractivity contribution is 9.09. The molecule has 0 saturated heterocycles. The molecule has 0 aliphatic rings. The van der Waals surface area contributed by atoms with Crippen molar-refractivity contribution in [3.63, 3.8) is 0 Å². The summed E-state index contributed by atoms with van der Waals surface area (Å²) in [7, 11) is 0. The first kappa shape index (κ1) is 19.8. The second-order valence-corrected chi connectivity index (χ2v) is 6.74. The fraction of sp³-hybridized carbons (Fsp3) is 0.190. The van der Waals surface area contributed by atoms with Crippen molar-refractivity contribution in [1.82, 2.24) is 9.78 Å².